The van der Waals surface area contributed by atoms with Crippen LogP contribution in [0.25, 0.3) is 11.3 Å². The van der Waals surface area contributed by atoms with Crippen LogP contribution in [0.5, 0.6) is 5.75 Å². The molecule has 0 fully saturated rings. The van der Waals surface area contributed by atoms with Crippen LogP contribution in [0.15, 0.2) is 65.7 Å². The van der Waals surface area contributed by atoms with Crippen molar-refractivity contribution < 1.29 is 9.53 Å². The third-order valence-electron chi connectivity index (χ3n) is 4.39. The summed E-state index contributed by atoms with van der Waals surface area (Å²) in [5, 5.41) is 2.84. The number of hydrogen-bond donors (Lipinski definition) is 1. The second kappa shape index (κ2) is 8.99. The van der Waals surface area contributed by atoms with Crippen LogP contribution in [0.1, 0.15) is 11.1 Å². The van der Waals surface area contributed by atoms with Gasteiger partial charge in [-0.25, -0.2) is 4.98 Å². The van der Waals surface area contributed by atoms with Crippen LogP contribution >= 0.6 is 0 Å². The number of carbonyl (C=O) groups is 1. The largest absolute Gasteiger partial charge is 0.497 e. The average molecular weight is 377 g/mol. The molecule has 0 spiro atoms. The molecule has 2 aromatic carbocycles. The summed E-state index contributed by atoms with van der Waals surface area (Å²) in [4.78, 5) is 28.7. The molecular formula is C22H23N3O3. The van der Waals surface area contributed by atoms with E-state index in [0.29, 0.717) is 25.2 Å². The van der Waals surface area contributed by atoms with Crippen molar-refractivity contribution in [2.45, 2.75) is 19.9 Å². The number of nitrogens with one attached hydrogen (secondary N) is 1. The van der Waals surface area contributed by atoms with Gasteiger partial charge in [-0.05, 0) is 36.8 Å². The third kappa shape index (κ3) is 5.07. The minimum atomic E-state index is -0.159. The predicted octanol–water partition coefficient (Wildman–Crippen LogP) is 2.59. The van der Waals surface area contributed by atoms with Crippen LogP contribution < -0.4 is 15.6 Å². The van der Waals surface area contributed by atoms with E-state index in [1.54, 1.807) is 7.11 Å². The molecule has 0 atom stereocenters. The van der Waals surface area contributed by atoms with Crippen molar-refractivity contribution in [3.05, 3.63) is 82.4 Å². The van der Waals surface area contributed by atoms with Crippen molar-refractivity contribution in [3.8, 4) is 17.0 Å². The van der Waals surface area contributed by atoms with Gasteiger partial charge in [-0.3, -0.25) is 14.2 Å². The molecule has 0 aliphatic carbocycles. The number of amides is 1. The molecule has 0 aliphatic heterocycles. The first kappa shape index (κ1) is 19.4. The summed E-state index contributed by atoms with van der Waals surface area (Å²) in [6, 6.07) is 16.7. The van der Waals surface area contributed by atoms with E-state index in [1.165, 1.54) is 17.0 Å². The van der Waals surface area contributed by atoms with Crippen LogP contribution in [0.2, 0.25) is 0 Å². The zero-order valence-corrected chi connectivity index (χ0v) is 16.0. The van der Waals surface area contributed by atoms with E-state index < -0.39 is 0 Å². The van der Waals surface area contributed by atoms with E-state index in [-0.39, 0.29) is 11.5 Å². The smallest absolute Gasteiger partial charge is 0.253 e. The lowest BCUT2D eigenvalue weighted by Gasteiger charge is -2.09. The quantitative estimate of drug-likeness (QED) is 0.687. The van der Waals surface area contributed by atoms with Crippen LogP contribution in [0, 0.1) is 6.92 Å². The van der Waals surface area contributed by atoms with Gasteiger partial charge in [0.1, 0.15) is 5.75 Å². The second-order valence-corrected chi connectivity index (χ2v) is 6.55. The average Bonchev–Trinajstić information content (AvgIpc) is 2.69. The Labute approximate surface area is 163 Å². The second-order valence-electron chi connectivity index (χ2n) is 6.55. The number of methoxy groups -OCH3 is 1. The molecule has 6 heteroatoms. The molecule has 0 unspecified atom stereocenters. The highest BCUT2D eigenvalue weighted by molar-refractivity contribution is 5.78. The van der Waals surface area contributed by atoms with E-state index >= 15 is 0 Å². The first-order chi connectivity index (χ1) is 13.5. The molecule has 0 saturated heterocycles. The maximum atomic E-state index is 12.3. The van der Waals surface area contributed by atoms with Crippen molar-refractivity contribution in [1.82, 2.24) is 14.9 Å². The monoisotopic (exact) mass is 377 g/mol. The Morgan fingerprint density at radius 2 is 1.93 bits per heavy atom. The number of nitrogens with zero attached hydrogens (tertiary/aromatic N) is 2. The highest BCUT2D eigenvalue weighted by atomic mass is 16.5. The maximum Gasteiger partial charge on any atom is 0.253 e. The Bertz CT molecular complexity index is 1010. The Balaban J connectivity index is 1.56. The summed E-state index contributed by atoms with van der Waals surface area (Å²) < 4.78 is 6.62. The van der Waals surface area contributed by atoms with Crippen LogP contribution in [-0.4, -0.2) is 29.1 Å². The highest BCUT2D eigenvalue weighted by Crippen LogP contribution is 2.19. The molecule has 0 aliphatic rings. The molecule has 0 radical (unpaired) electrons. The number of aryl methyl sites for hydroxylation is 1. The van der Waals surface area contributed by atoms with Gasteiger partial charge in [-0.15, -0.1) is 0 Å². The predicted molar refractivity (Wildman–Crippen MR) is 108 cm³/mol. The van der Waals surface area contributed by atoms with Gasteiger partial charge < -0.3 is 10.1 Å². The van der Waals surface area contributed by atoms with Crippen LogP contribution in [0.3, 0.4) is 0 Å². The summed E-state index contributed by atoms with van der Waals surface area (Å²) in [6.07, 6.45) is 1.83. The number of ether oxygens (including phenoxy) is 1. The minimum absolute atomic E-state index is 0.0681. The Kier molecular flexibility index (Phi) is 6.22. The fraction of sp³-hybridized carbons (Fsp3) is 0.227. The molecule has 1 amide bonds. The van der Waals surface area contributed by atoms with E-state index in [0.717, 1.165) is 22.4 Å². The number of rotatable bonds is 7. The molecule has 144 valence electrons. The number of hydrogen-bond acceptors (Lipinski definition) is 4. The zero-order valence-electron chi connectivity index (χ0n) is 16.0. The lowest BCUT2D eigenvalue weighted by Crippen LogP contribution is -2.31. The van der Waals surface area contributed by atoms with Gasteiger partial charge >= 0.3 is 0 Å². The van der Waals surface area contributed by atoms with E-state index in [9.17, 15) is 9.59 Å². The maximum absolute atomic E-state index is 12.3. The molecule has 1 N–H and O–H groups in total. The third-order valence-corrected chi connectivity index (χ3v) is 4.39. The molecular weight excluding hydrogens is 354 g/mol. The fourth-order valence-corrected chi connectivity index (χ4v) is 2.90. The van der Waals surface area contributed by atoms with Crippen molar-refractivity contribution in [1.29, 1.82) is 0 Å². The molecule has 0 saturated carbocycles. The summed E-state index contributed by atoms with van der Waals surface area (Å²) in [7, 11) is 1.61. The molecule has 3 aromatic rings. The van der Waals surface area contributed by atoms with Gasteiger partial charge in [-0.2, -0.15) is 0 Å². The van der Waals surface area contributed by atoms with Gasteiger partial charge in [0, 0.05) is 24.7 Å². The first-order valence-electron chi connectivity index (χ1n) is 9.08. The topological polar surface area (TPSA) is 73.2 Å². The Hall–Kier alpha value is -3.41. The SMILES string of the molecule is COc1ccc(-c2cc(=O)n(CCNC(=O)Cc3cccc(C)c3)cn2)cc1. The number of carbonyl (C=O) groups excluding carboxylic acids is 1. The van der Waals surface area contributed by atoms with E-state index in [1.807, 2.05) is 55.5 Å². The van der Waals surface area contributed by atoms with E-state index in [4.69, 9.17) is 4.74 Å². The summed E-state index contributed by atoms with van der Waals surface area (Å²) >= 11 is 0. The normalized spacial score (nSPS) is 10.5. The molecule has 6 nitrogen and oxygen atoms in total. The molecule has 1 aromatic heterocycles. The van der Waals surface area contributed by atoms with Gasteiger partial charge in [0.25, 0.3) is 5.56 Å². The fourth-order valence-electron chi connectivity index (χ4n) is 2.90. The summed E-state index contributed by atoms with van der Waals surface area (Å²) in [5.41, 5.74) is 3.39. The molecule has 28 heavy (non-hydrogen) atoms. The Morgan fingerprint density at radius 3 is 2.61 bits per heavy atom. The van der Waals surface area contributed by atoms with Gasteiger partial charge in [0.15, 0.2) is 0 Å². The van der Waals surface area contributed by atoms with Crippen LogP contribution in [0.4, 0.5) is 0 Å². The van der Waals surface area contributed by atoms with Gasteiger partial charge in [0.2, 0.25) is 5.91 Å². The summed E-state index contributed by atoms with van der Waals surface area (Å²) in [6.45, 7) is 2.73. The van der Waals surface area contributed by atoms with Crippen molar-refractivity contribution in [2.24, 2.45) is 0 Å². The zero-order chi connectivity index (χ0) is 19.9. The standard InChI is InChI=1S/C22H23N3O3/c1-16-4-3-5-17(12-16)13-21(26)23-10-11-25-15-24-20(14-22(25)27)18-6-8-19(28-2)9-7-18/h3-9,12,14-15H,10-11,13H2,1-2H3,(H,23,26). The molecule has 3 rings (SSSR count). The number of benzene rings is 2. The van der Waals surface area contributed by atoms with Gasteiger partial charge in [-0.1, -0.05) is 29.8 Å². The van der Waals surface area contributed by atoms with Crippen molar-refractivity contribution >= 4 is 5.91 Å². The lowest BCUT2D eigenvalue weighted by molar-refractivity contribution is -0.120. The Morgan fingerprint density at radius 1 is 1.14 bits per heavy atom. The van der Waals surface area contributed by atoms with Gasteiger partial charge in [0.05, 0.1) is 25.6 Å². The lowest BCUT2D eigenvalue weighted by atomic mass is 10.1. The van der Waals surface area contributed by atoms with Crippen LogP contribution in [-0.2, 0) is 17.8 Å². The first-order valence-corrected chi connectivity index (χ1v) is 9.08. The number of aromatic nitrogens is 2. The summed E-state index contributed by atoms with van der Waals surface area (Å²) in [5.74, 6) is 0.681. The van der Waals surface area contributed by atoms with E-state index in [2.05, 4.69) is 10.3 Å². The molecule has 1 heterocycles. The minimum Gasteiger partial charge on any atom is -0.497 e. The highest BCUT2D eigenvalue weighted by Gasteiger charge is 2.06. The van der Waals surface area contributed by atoms with Crippen molar-refractivity contribution in [2.75, 3.05) is 13.7 Å². The van der Waals surface area contributed by atoms with Crippen molar-refractivity contribution in [3.63, 3.8) is 0 Å². The molecule has 0 bridgehead atoms.